The van der Waals surface area contributed by atoms with Crippen LogP contribution in [0.25, 0.3) is 0 Å². The summed E-state index contributed by atoms with van der Waals surface area (Å²) in [5.74, 6) is 0. The van der Waals surface area contributed by atoms with Gasteiger partial charge in [0.15, 0.2) is 0 Å². The standard InChI is InChI=1S/C10H18N2/c1-4-6-10(5-2)12-8-7-11(3)9-12/h4-6H,7-9H2,1-3H3/b6-4-,10-5+. The number of likely N-dealkylation sites (N-methyl/N-ethyl adjacent to an activating group) is 1. The molecule has 1 saturated heterocycles. The van der Waals surface area contributed by atoms with Crippen molar-refractivity contribution < 1.29 is 0 Å². The highest BCUT2D eigenvalue weighted by Crippen LogP contribution is 2.11. The third-order valence-corrected chi connectivity index (χ3v) is 2.16. The summed E-state index contributed by atoms with van der Waals surface area (Å²) >= 11 is 0. The molecule has 0 unspecified atom stereocenters. The minimum Gasteiger partial charge on any atom is -0.358 e. The van der Waals surface area contributed by atoms with Crippen LogP contribution in [-0.4, -0.2) is 36.6 Å². The Hall–Kier alpha value is -0.760. The van der Waals surface area contributed by atoms with Crippen LogP contribution in [0.5, 0.6) is 0 Å². The fourth-order valence-corrected chi connectivity index (χ4v) is 1.49. The summed E-state index contributed by atoms with van der Waals surface area (Å²) in [6.45, 7) is 7.54. The Bertz CT molecular complexity index is 194. The second-order valence-corrected chi connectivity index (χ2v) is 3.20. The van der Waals surface area contributed by atoms with E-state index in [2.05, 4.69) is 48.9 Å². The Morgan fingerprint density at radius 2 is 2.00 bits per heavy atom. The minimum absolute atomic E-state index is 1.06. The Kier molecular flexibility index (Phi) is 3.35. The molecule has 1 fully saturated rings. The van der Waals surface area contributed by atoms with Gasteiger partial charge in [-0.2, -0.15) is 0 Å². The predicted molar refractivity (Wildman–Crippen MR) is 52.8 cm³/mol. The molecule has 1 aliphatic rings. The fraction of sp³-hybridized carbons (Fsp3) is 0.600. The molecule has 68 valence electrons. The zero-order chi connectivity index (χ0) is 8.97. The molecule has 1 heterocycles. The van der Waals surface area contributed by atoms with E-state index in [1.165, 1.54) is 12.2 Å². The molecular formula is C10H18N2. The first-order valence-corrected chi connectivity index (χ1v) is 4.50. The van der Waals surface area contributed by atoms with Crippen LogP contribution < -0.4 is 0 Å². The van der Waals surface area contributed by atoms with Crippen molar-refractivity contribution in [3.8, 4) is 0 Å². The average molecular weight is 166 g/mol. The van der Waals surface area contributed by atoms with E-state index in [-0.39, 0.29) is 0 Å². The average Bonchev–Trinajstić information content (AvgIpc) is 2.47. The number of nitrogens with zero attached hydrogens (tertiary/aromatic N) is 2. The minimum atomic E-state index is 1.06. The lowest BCUT2D eigenvalue weighted by Gasteiger charge is -2.18. The van der Waals surface area contributed by atoms with Crippen molar-refractivity contribution in [3.05, 3.63) is 23.9 Å². The molecule has 2 heteroatoms. The first-order valence-electron chi connectivity index (χ1n) is 4.50. The molecule has 1 rings (SSSR count). The van der Waals surface area contributed by atoms with Gasteiger partial charge in [0.2, 0.25) is 0 Å². The molecule has 0 radical (unpaired) electrons. The second kappa shape index (κ2) is 4.31. The van der Waals surface area contributed by atoms with Gasteiger partial charge in [-0.3, -0.25) is 4.90 Å². The van der Waals surface area contributed by atoms with Crippen LogP contribution in [0.2, 0.25) is 0 Å². The highest BCUT2D eigenvalue weighted by Gasteiger charge is 2.16. The van der Waals surface area contributed by atoms with Gasteiger partial charge in [-0.15, -0.1) is 0 Å². The van der Waals surface area contributed by atoms with E-state index in [0.717, 1.165) is 13.2 Å². The molecule has 0 bridgehead atoms. The molecule has 0 amide bonds. The highest BCUT2D eigenvalue weighted by atomic mass is 15.4. The quantitative estimate of drug-likeness (QED) is 0.576. The summed E-state index contributed by atoms with van der Waals surface area (Å²) in [5.41, 5.74) is 1.34. The predicted octanol–water partition coefficient (Wildman–Crippen LogP) is 1.67. The van der Waals surface area contributed by atoms with Gasteiger partial charge in [-0.1, -0.05) is 12.2 Å². The van der Waals surface area contributed by atoms with Crippen molar-refractivity contribution in [2.75, 3.05) is 26.8 Å². The van der Waals surface area contributed by atoms with Gasteiger partial charge in [-0.25, -0.2) is 0 Å². The summed E-state index contributed by atoms with van der Waals surface area (Å²) < 4.78 is 0. The molecular weight excluding hydrogens is 148 g/mol. The third-order valence-electron chi connectivity index (χ3n) is 2.16. The van der Waals surface area contributed by atoms with Crippen LogP contribution >= 0.6 is 0 Å². The van der Waals surface area contributed by atoms with E-state index < -0.39 is 0 Å². The maximum absolute atomic E-state index is 2.39. The maximum atomic E-state index is 2.39. The van der Waals surface area contributed by atoms with Crippen molar-refractivity contribution in [2.24, 2.45) is 0 Å². The van der Waals surface area contributed by atoms with Crippen LogP contribution in [0, 0.1) is 0 Å². The lowest BCUT2D eigenvalue weighted by molar-refractivity contribution is 0.329. The molecule has 0 spiro atoms. The zero-order valence-electron chi connectivity index (χ0n) is 8.25. The van der Waals surface area contributed by atoms with E-state index >= 15 is 0 Å². The summed E-state index contributed by atoms with van der Waals surface area (Å²) in [7, 11) is 2.16. The van der Waals surface area contributed by atoms with Crippen LogP contribution in [0.1, 0.15) is 13.8 Å². The second-order valence-electron chi connectivity index (χ2n) is 3.20. The van der Waals surface area contributed by atoms with Crippen LogP contribution in [0.4, 0.5) is 0 Å². The van der Waals surface area contributed by atoms with Gasteiger partial charge in [-0.05, 0) is 27.0 Å². The SMILES string of the molecule is C/C=C\C(=C/C)N1CCN(C)C1. The number of hydrogen-bond acceptors (Lipinski definition) is 2. The van der Waals surface area contributed by atoms with Crippen LogP contribution in [0.3, 0.4) is 0 Å². The van der Waals surface area contributed by atoms with Gasteiger partial charge >= 0.3 is 0 Å². The molecule has 0 aliphatic carbocycles. The number of hydrogen-bond donors (Lipinski definition) is 0. The number of allylic oxidation sites excluding steroid dienone is 3. The Balaban J connectivity index is 2.56. The molecule has 12 heavy (non-hydrogen) atoms. The van der Waals surface area contributed by atoms with Crippen molar-refractivity contribution in [3.63, 3.8) is 0 Å². The van der Waals surface area contributed by atoms with Gasteiger partial charge < -0.3 is 4.90 Å². The van der Waals surface area contributed by atoms with Crippen molar-refractivity contribution in [1.82, 2.24) is 9.80 Å². The van der Waals surface area contributed by atoms with Gasteiger partial charge in [0.1, 0.15) is 0 Å². The summed E-state index contributed by atoms with van der Waals surface area (Å²) in [6.07, 6.45) is 6.42. The highest BCUT2D eigenvalue weighted by molar-refractivity contribution is 5.16. The van der Waals surface area contributed by atoms with Crippen LogP contribution in [-0.2, 0) is 0 Å². The van der Waals surface area contributed by atoms with Crippen molar-refractivity contribution >= 4 is 0 Å². The lowest BCUT2D eigenvalue weighted by Crippen LogP contribution is -2.21. The van der Waals surface area contributed by atoms with E-state index in [1.807, 2.05) is 0 Å². The monoisotopic (exact) mass is 166 g/mol. The summed E-state index contributed by atoms with van der Waals surface area (Å²) in [4.78, 5) is 4.72. The van der Waals surface area contributed by atoms with Crippen LogP contribution in [0.15, 0.2) is 23.9 Å². The summed E-state index contributed by atoms with van der Waals surface area (Å²) in [5, 5.41) is 0. The largest absolute Gasteiger partial charge is 0.358 e. The molecule has 0 aromatic carbocycles. The Labute approximate surface area is 75.2 Å². The van der Waals surface area contributed by atoms with Gasteiger partial charge in [0.05, 0.1) is 6.67 Å². The Morgan fingerprint density at radius 3 is 2.42 bits per heavy atom. The van der Waals surface area contributed by atoms with E-state index in [0.29, 0.717) is 0 Å². The first kappa shape index (κ1) is 9.33. The fourth-order valence-electron chi connectivity index (χ4n) is 1.49. The molecule has 0 aromatic heterocycles. The van der Waals surface area contributed by atoms with Gasteiger partial charge in [0, 0.05) is 18.8 Å². The topological polar surface area (TPSA) is 6.48 Å². The number of rotatable bonds is 2. The summed E-state index contributed by atoms with van der Waals surface area (Å²) in [6, 6.07) is 0. The van der Waals surface area contributed by atoms with Gasteiger partial charge in [0.25, 0.3) is 0 Å². The van der Waals surface area contributed by atoms with E-state index in [4.69, 9.17) is 0 Å². The molecule has 0 atom stereocenters. The lowest BCUT2D eigenvalue weighted by atomic mass is 10.3. The third kappa shape index (κ3) is 2.11. The maximum Gasteiger partial charge on any atom is 0.0705 e. The van der Waals surface area contributed by atoms with E-state index in [9.17, 15) is 0 Å². The molecule has 0 N–H and O–H groups in total. The smallest absolute Gasteiger partial charge is 0.0705 e. The van der Waals surface area contributed by atoms with E-state index in [1.54, 1.807) is 0 Å². The normalized spacial score (nSPS) is 21.2. The zero-order valence-corrected chi connectivity index (χ0v) is 8.25. The molecule has 1 aliphatic heterocycles. The Morgan fingerprint density at radius 1 is 1.25 bits per heavy atom. The molecule has 2 nitrogen and oxygen atoms in total. The molecule has 0 aromatic rings. The van der Waals surface area contributed by atoms with Crippen molar-refractivity contribution in [2.45, 2.75) is 13.8 Å². The first-order chi connectivity index (χ1) is 5.77. The molecule has 0 saturated carbocycles. The van der Waals surface area contributed by atoms with Crippen molar-refractivity contribution in [1.29, 1.82) is 0 Å².